The Morgan fingerprint density at radius 3 is 2.61 bits per heavy atom. The number of esters is 1. The zero-order chi connectivity index (χ0) is 20.1. The third kappa shape index (κ3) is 4.41. The highest BCUT2D eigenvalue weighted by atomic mass is 16.5. The van der Waals surface area contributed by atoms with Crippen LogP contribution < -0.4 is 0 Å². The van der Waals surface area contributed by atoms with Gasteiger partial charge in [0.15, 0.2) is 6.10 Å². The van der Waals surface area contributed by atoms with Gasteiger partial charge in [-0.3, -0.25) is 9.78 Å². The predicted molar refractivity (Wildman–Crippen MR) is 109 cm³/mol. The fourth-order valence-electron chi connectivity index (χ4n) is 3.77. The first-order valence-electron chi connectivity index (χ1n) is 10.1. The minimum absolute atomic E-state index is 0.105. The number of ether oxygens (including phenoxy) is 1. The van der Waals surface area contributed by atoms with Crippen molar-refractivity contribution in [1.82, 2.24) is 9.88 Å². The molecule has 28 heavy (non-hydrogen) atoms. The molecule has 0 spiro atoms. The summed E-state index contributed by atoms with van der Waals surface area (Å²) >= 11 is 0. The molecule has 1 saturated heterocycles. The molecule has 5 nitrogen and oxygen atoms in total. The van der Waals surface area contributed by atoms with E-state index in [0.29, 0.717) is 11.3 Å². The molecule has 0 N–H and O–H groups in total. The van der Waals surface area contributed by atoms with Gasteiger partial charge in [-0.1, -0.05) is 37.3 Å². The molecule has 1 fully saturated rings. The maximum absolute atomic E-state index is 12.8. The molecular weight excluding hydrogens is 352 g/mol. The van der Waals surface area contributed by atoms with Crippen molar-refractivity contribution in [3.63, 3.8) is 0 Å². The molecule has 2 unspecified atom stereocenters. The lowest BCUT2D eigenvalue weighted by molar-refractivity contribution is -0.143. The lowest BCUT2D eigenvalue weighted by atomic mass is 9.99. The number of carbonyl (C=O) groups is 2. The van der Waals surface area contributed by atoms with Crippen molar-refractivity contribution in [3.05, 3.63) is 53.7 Å². The van der Waals surface area contributed by atoms with Gasteiger partial charge in [-0.05, 0) is 51.7 Å². The van der Waals surface area contributed by atoms with E-state index in [1.165, 1.54) is 0 Å². The molecule has 0 saturated carbocycles. The summed E-state index contributed by atoms with van der Waals surface area (Å²) in [5, 5.41) is 0. The molecule has 1 aromatic carbocycles. The van der Waals surface area contributed by atoms with Crippen molar-refractivity contribution in [1.29, 1.82) is 0 Å². The van der Waals surface area contributed by atoms with Crippen LogP contribution in [0.2, 0.25) is 0 Å². The highest BCUT2D eigenvalue weighted by molar-refractivity contribution is 5.93. The Morgan fingerprint density at radius 1 is 1.18 bits per heavy atom. The first kappa shape index (κ1) is 20.1. The normalized spacial score (nSPS) is 17.8. The van der Waals surface area contributed by atoms with E-state index in [4.69, 9.17) is 4.74 Å². The molecule has 1 aliphatic heterocycles. The molecule has 0 aliphatic carbocycles. The zero-order valence-electron chi connectivity index (χ0n) is 16.9. The van der Waals surface area contributed by atoms with Crippen molar-refractivity contribution in [3.8, 4) is 11.3 Å². The predicted octanol–water partition coefficient (Wildman–Crippen LogP) is 4.39. The Bertz CT molecular complexity index is 835. The number of benzene rings is 1. The number of amides is 1. The Labute approximate surface area is 166 Å². The zero-order valence-corrected chi connectivity index (χ0v) is 16.9. The van der Waals surface area contributed by atoms with Gasteiger partial charge in [0.1, 0.15) is 0 Å². The van der Waals surface area contributed by atoms with Crippen LogP contribution in [0, 0.1) is 6.92 Å². The average Bonchev–Trinajstić information content (AvgIpc) is 2.73. The number of carbonyl (C=O) groups excluding carboxylic acids is 2. The molecule has 1 aliphatic rings. The van der Waals surface area contributed by atoms with Gasteiger partial charge in [0.2, 0.25) is 0 Å². The summed E-state index contributed by atoms with van der Waals surface area (Å²) < 4.78 is 5.50. The quantitative estimate of drug-likeness (QED) is 0.722. The van der Waals surface area contributed by atoms with E-state index < -0.39 is 12.1 Å². The summed E-state index contributed by atoms with van der Waals surface area (Å²) in [6.07, 6.45) is 3.30. The van der Waals surface area contributed by atoms with Gasteiger partial charge in [0.25, 0.3) is 5.91 Å². The third-order valence-corrected chi connectivity index (χ3v) is 5.39. The second kappa shape index (κ2) is 9.00. The first-order chi connectivity index (χ1) is 13.5. The van der Waals surface area contributed by atoms with E-state index in [-0.39, 0.29) is 11.9 Å². The van der Waals surface area contributed by atoms with E-state index in [0.717, 1.165) is 43.5 Å². The van der Waals surface area contributed by atoms with Gasteiger partial charge in [-0.25, -0.2) is 4.79 Å². The fraction of sp³-hybridized carbons (Fsp3) is 0.435. The highest BCUT2D eigenvalue weighted by Crippen LogP contribution is 2.22. The molecule has 3 rings (SSSR count). The van der Waals surface area contributed by atoms with E-state index in [1.54, 1.807) is 19.9 Å². The summed E-state index contributed by atoms with van der Waals surface area (Å²) in [6.45, 7) is 6.28. The van der Waals surface area contributed by atoms with Gasteiger partial charge in [-0.15, -0.1) is 0 Å². The molecule has 2 aromatic rings. The summed E-state index contributed by atoms with van der Waals surface area (Å²) in [6, 6.07) is 13.6. The third-order valence-electron chi connectivity index (χ3n) is 5.39. The fourth-order valence-corrected chi connectivity index (χ4v) is 3.77. The standard InChI is InChI=1S/C23H28N2O3/c1-4-19-12-8-9-15-25(19)22(26)17(3)28-23(27)20-13-14-21(24-16(20)2)18-10-6-5-7-11-18/h5-7,10-11,13-14,17,19H,4,8-9,12,15H2,1-3H3. The second-order valence-electron chi connectivity index (χ2n) is 7.33. The van der Waals surface area contributed by atoms with Crippen molar-refractivity contribution in [2.45, 2.75) is 58.6 Å². The van der Waals surface area contributed by atoms with E-state index in [2.05, 4.69) is 11.9 Å². The number of rotatable bonds is 5. The van der Waals surface area contributed by atoms with Crippen LogP contribution in [0.15, 0.2) is 42.5 Å². The van der Waals surface area contributed by atoms with E-state index in [9.17, 15) is 9.59 Å². The lowest BCUT2D eigenvalue weighted by Crippen LogP contribution is -2.48. The van der Waals surface area contributed by atoms with Gasteiger partial charge in [0, 0.05) is 18.2 Å². The van der Waals surface area contributed by atoms with Crippen molar-refractivity contribution in [2.24, 2.45) is 0 Å². The van der Waals surface area contributed by atoms with Crippen LogP contribution in [0.5, 0.6) is 0 Å². The summed E-state index contributed by atoms with van der Waals surface area (Å²) in [4.78, 5) is 31.8. The molecule has 2 heterocycles. The Kier molecular flexibility index (Phi) is 6.45. The SMILES string of the molecule is CCC1CCCCN1C(=O)C(C)OC(=O)c1ccc(-c2ccccc2)nc1C. The van der Waals surface area contributed by atoms with E-state index in [1.807, 2.05) is 41.3 Å². The number of hydrogen-bond acceptors (Lipinski definition) is 4. The first-order valence-corrected chi connectivity index (χ1v) is 10.1. The number of likely N-dealkylation sites (tertiary alicyclic amines) is 1. The monoisotopic (exact) mass is 380 g/mol. The van der Waals surface area contributed by atoms with Crippen molar-refractivity contribution < 1.29 is 14.3 Å². The van der Waals surface area contributed by atoms with Crippen LogP contribution in [0.1, 0.15) is 55.6 Å². The molecule has 0 bridgehead atoms. The molecule has 148 valence electrons. The van der Waals surface area contributed by atoms with Gasteiger partial charge in [-0.2, -0.15) is 0 Å². The van der Waals surface area contributed by atoms with Crippen molar-refractivity contribution >= 4 is 11.9 Å². The molecule has 1 aromatic heterocycles. The minimum atomic E-state index is -0.798. The Balaban J connectivity index is 1.69. The number of pyridine rings is 1. The largest absolute Gasteiger partial charge is 0.449 e. The average molecular weight is 380 g/mol. The van der Waals surface area contributed by atoms with Crippen LogP contribution >= 0.6 is 0 Å². The summed E-state index contributed by atoms with van der Waals surface area (Å²) in [5.74, 6) is -0.609. The Hall–Kier alpha value is -2.69. The van der Waals surface area contributed by atoms with Crippen LogP contribution in [-0.4, -0.2) is 40.5 Å². The van der Waals surface area contributed by atoms with Crippen LogP contribution in [0.3, 0.4) is 0 Å². The van der Waals surface area contributed by atoms with Gasteiger partial charge < -0.3 is 9.64 Å². The number of aromatic nitrogens is 1. The molecule has 5 heteroatoms. The second-order valence-corrected chi connectivity index (χ2v) is 7.33. The van der Waals surface area contributed by atoms with Crippen molar-refractivity contribution in [2.75, 3.05) is 6.54 Å². The van der Waals surface area contributed by atoms with Gasteiger partial charge >= 0.3 is 5.97 Å². The topological polar surface area (TPSA) is 59.5 Å². The highest BCUT2D eigenvalue weighted by Gasteiger charge is 2.30. The molecule has 0 radical (unpaired) electrons. The number of hydrogen-bond donors (Lipinski definition) is 0. The van der Waals surface area contributed by atoms with Crippen LogP contribution in [0.25, 0.3) is 11.3 Å². The number of nitrogens with zero attached hydrogens (tertiary/aromatic N) is 2. The minimum Gasteiger partial charge on any atom is -0.449 e. The maximum Gasteiger partial charge on any atom is 0.340 e. The number of piperidine rings is 1. The van der Waals surface area contributed by atoms with E-state index >= 15 is 0 Å². The molecular formula is C23H28N2O3. The Morgan fingerprint density at radius 2 is 1.93 bits per heavy atom. The van der Waals surface area contributed by atoms with Crippen LogP contribution in [0.4, 0.5) is 0 Å². The van der Waals surface area contributed by atoms with Crippen LogP contribution in [-0.2, 0) is 9.53 Å². The molecule has 2 atom stereocenters. The maximum atomic E-state index is 12.8. The number of aryl methyl sites for hydroxylation is 1. The summed E-state index contributed by atoms with van der Waals surface area (Å²) in [5.41, 5.74) is 2.78. The molecule has 1 amide bonds. The smallest absolute Gasteiger partial charge is 0.340 e. The summed E-state index contributed by atoms with van der Waals surface area (Å²) in [7, 11) is 0. The lowest BCUT2D eigenvalue weighted by Gasteiger charge is -2.36. The van der Waals surface area contributed by atoms with Gasteiger partial charge in [0.05, 0.1) is 17.0 Å².